The summed E-state index contributed by atoms with van der Waals surface area (Å²) >= 11 is 1.38. The van der Waals surface area contributed by atoms with E-state index in [0.717, 1.165) is 5.01 Å². The Morgan fingerprint density at radius 2 is 2.35 bits per heavy atom. The molecular weight excluding hydrogens is 244 g/mol. The number of thiazole rings is 1. The molecule has 2 heterocycles. The topological polar surface area (TPSA) is 88.5 Å². The number of carbonyl (C=O) groups is 2. The Morgan fingerprint density at radius 1 is 1.59 bits per heavy atom. The van der Waals surface area contributed by atoms with Crippen molar-refractivity contribution in [3.8, 4) is 0 Å². The van der Waals surface area contributed by atoms with E-state index in [4.69, 9.17) is 9.84 Å². The van der Waals surface area contributed by atoms with Crippen LogP contribution in [0, 0.1) is 12.8 Å². The number of ether oxygens (including phenoxy) is 1. The highest BCUT2D eigenvalue weighted by atomic mass is 32.1. The van der Waals surface area contributed by atoms with Gasteiger partial charge in [-0.1, -0.05) is 0 Å². The van der Waals surface area contributed by atoms with Crippen LogP contribution >= 0.6 is 11.3 Å². The molecule has 1 aromatic rings. The normalized spacial score (nSPS) is 23.6. The SMILES string of the molecule is Cc1nc(C(=O)NC2COCC2C(=O)O)cs1. The zero-order chi connectivity index (χ0) is 12.4. The van der Waals surface area contributed by atoms with E-state index in [9.17, 15) is 9.59 Å². The average Bonchev–Trinajstić information content (AvgIpc) is 2.86. The van der Waals surface area contributed by atoms with Crippen molar-refractivity contribution in [1.82, 2.24) is 10.3 Å². The summed E-state index contributed by atoms with van der Waals surface area (Å²) in [7, 11) is 0. The van der Waals surface area contributed by atoms with Gasteiger partial charge in [0.05, 0.1) is 24.3 Å². The summed E-state index contributed by atoms with van der Waals surface area (Å²) in [5.41, 5.74) is 0.323. The number of carbonyl (C=O) groups excluding carboxylic acids is 1. The van der Waals surface area contributed by atoms with E-state index in [1.165, 1.54) is 11.3 Å². The number of aryl methyl sites for hydroxylation is 1. The summed E-state index contributed by atoms with van der Waals surface area (Å²) in [5, 5.41) is 14.0. The average molecular weight is 256 g/mol. The van der Waals surface area contributed by atoms with Gasteiger partial charge in [-0.05, 0) is 6.92 Å². The first-order valence-corrected chi connectivity index (χ1v) is 5.99. The minimum absolute atomic E-state index is 0.135. The van der Waals surface area contributed by atoms with Crippen molar-refractivity contribution in [2.24, 2.45) is 5.92 Å². The van der Waals surface area contributed by atoms with Crippen LogP contribution in [0.25, 0.3) is 0 Å². The summed E-state index contributed by atoms with van der Waals surface area (Å²) in [6, 6.07) is -0.484. The Bertz CT molecular complexity index is 445. The maximum atomic E-state index is 11.8. The third kappa shape index (κ3) is 2.62. The maximum absolute atomic E-state index is 11.8. The lowest BCUT2D eigenvalue weighted by molar-refractivity contribution is -0.142. The van der Waals surface area contributed by atoms with Gasteiger partial charge >= 0.3 is 5.97 Å². The molecule has 1 fully saturated rings. The van der Waals surface area contributed by atoms with Gasteiger partial charge in [-0.25, -0.2) is 4.98 Å². The molecule has 2 atom stereocenters. The third-order valence-corrected chi connectivity index (χ3v) is 3.34. The van der Waals surface area contributed by atoms with Gasteiger partial charge < -0.3 is 15.2 Å². The van der Waals surface area contributed by atoms with Gasteiger partial charge in [0.2, 0.25) is 0 Å². The second-order valence-corrected chi connectivity index (χ2v) is 4.88. The van der Waals surface area contributed by atoms with Crippen molar-refractivity contribution in [2.75, 3.05) is 13.2 Å². The standard InChI is InChI=1S/C10H12N2O4S/c1-5-11-8(4-17-5)9(13)12-7-3-16-2-6(7)10(14)15/h4,6-7H,2-3H2,1H3,(H,12,13)(H,14,15). The molecule has 1 aliphatic rings. The largest absolute Gasteiger partial charge is 0.481 e. The predicted octanol–water partition coefficient (Wildman–Crippen LogP) is 0.281. The monoisotopic (exact) mass is 256 g/mol. The number of hydrogen-bond acceptors (Lipinski definition) is 5. The van der Waals surface area contributed by atoms with E-state index in [1.54, 1.807) is 12.3 Å². The van der Waals surface area contributed by atoms with Crippen LogP contribution in [0.3, 0.4) is 0 Å². The van der Waals surface area contributed by atoms with Crippen LogP contribution in [0.2, 0.25) is 0 Å². The van der Waals surface area contributed by atoms with Crippen LogP contribution in [0.4, 0.5) is 0 Å². The van der Waals surface area contributed by atoms with E-state index >= 15 is 0 Å². The van der Waals surface area contributed by atoms with Crippen LogP contribution in [0.15, 0.2) is 5.38 Å². The molecule has 7 heteroatoms. The zero-order valence-electron chi connectivity index (χ0n) is 9.17. The lowest BCUT2D eigenvalue weighted by atomic mass is 10.0. The maximum Gasteiger partial charge on any atom is 0.311 e. The summed E-state index contributed by atoms with van der Waals surface area (Å²) in [5.74, 6) is -1.99. The zero-order valence-corrected chi connectivity index (χ0v) is 9.99. The Morgan fingerprint density at radius 3 is 2.94 bits per heavy atom. The van der Waals surface area contributed by atoms with Gasteiger partial charge in [-0.15, -0.1) is 11.3 Å². The Balaban J connectivity index is 2.01. The highest BCUT2D eigenvalue weighted by Gasteiger charge is 2.35. The first kappa shape index (κ1) is 12.0. The molecule has 2 rings (SSSR count). The van der Waals surface area contributed by atoms with E-state index in [-0.39, 0.29) is 19.1 Å². The van der Waals surface area contributed by atoms with Gasteiger partial charge in [-0.2, -0.15) is 0 Å². The molecule has 17 heavy (non-hydrogen) atoms. The molecule has 0 radical (unpaired) electrons. The number of hydrogen-bond donors (Lipinski definition) is 2. The molecule has 6 nitrogen and oxygen atoms in total. The van der Waals surface area contributed by atoms with Crippen LogP contribution in [-0.2, 0) is 9.53 Å². The van der Waals surface area contributed by atoms with Crippen molar-refractivity contribution in [3.63, 3.8) is 0 Å². The molecule has 1 aliphatic heterocycles. The summed E-state index contributed by atoms with van der Waals surface area (Å²) in [6.45, 7) is 2.17. The van der Waals surface area contributed by atoms with Crippen LogP contribution in [0.1, 0.15) is 15.5 Å². The Kier molecular flexibility index (Phi) is 3.39. The number of nitrogens with zero attached hydrogens (tertiary/aromatic N) is 1. The highest BCUT2D eigenvalue weighted by molar-refractivity contribution is 7.09. The second-order valence-electron chi connectivity index (χ2n) is 3.81. The molecule has 0 aromatic carbocycles. The fourth-order valence-electron chi connectivity index (χ4n) is 1.65. The van der Waals surface area contributed by atoms with Crippen molar-refractivity contribution >= 4 is 23.2 Å². The van der Waals surface area contributed by atoms with E-state index in [2.05, 4.69) is 10.3 Å². The number of amides is 1. The minimum Gasteiger partial charge on any atom is -0.481 e. The van der Waals surface area contributed by atoms with Gasteiger partial charge in [0, 0.05) is 5.38 Å². The minimum atomic E-state index is -0.956. The van der Waals surface area contributed by atoms with Gasteiger partial charge in [0.1, 0.15) is 11.6 Å². The molecule has 0 spiro atoms. The molecule has 1 aromatic heterocycles. The fraction of sp³-hybridized carbons (Fsp3) is 0.500. The van der Waals surface area contributed by atoms with Gasteiger partial charge in [0.25, 0.3) is 5.91 Å². The number of aliphatic carboxylic acids is 1. The summed E-state index contributed by atoms with van der Waals surface area (Å²) < 4.78 is 5.06. The van der Waals surface area contributed by atoms with Crippen LogP contribution in [-0.4, -0.2) is 41.2 Å². The van der Waals surface area contributed by atoms with E-state index in [1.807, 2.05) is 0 Å². The molecule has 0 aliphatic carbocycles. The molecular formula is C10H12N2O4S. The number of carboxylic acids is 1. The fourth-order valence-corrected chi connectivity index (χ4v) is 2.24. The first-order chi connectivity index (χ1) is 8.08. The first-order valence-electron chi connectivity index (χ1n) is 5.11. The van der Waals surface area contributed by atoms with Crippen molar-refractivity contribution in [2.45, 2.75) is 13.0 Å². The van der Waals surface area contributed by atoms with Gasteiger partial charge in [-0.3, -0.25) is 9.59 Å². The molecule has 2 unspecified atom stereocenters. The Hall–Kier alpha value is -1.47. The second kappa shape index (κ2) is 4.80. The van der Waals surface area contributed by atoms with Crippen molar-refractivity contribution in [1.29, 1.82) is 0 Å². The molecule has 0 saturated carbocycles. The molecule has 1 amide bonds. The number of carboxylic acid groups (broad SMARTS) is 1. The van der Waals surface area contributed by atoms with Crippen LogP contribution < -0.4 is 5.32 Å². The van der Waals surface area contributed by atoms with Crippen molar-refractivity contribution in [3.05, 3.63) is 16.1 Å². The predicted molar refractivity (Wildman–Crippen MR) is 60.1 cm³/mol. The quantitative estimate of drug-likeness (QED) is 0.811. The molecule has 92 valence electrons. The van der Waals surface area contributed by atoms with E-state index in [0.29, 0.717) is 5.69 Å². The molecule has 0 bridgehead atoms. The van der Waals surface area contributed by atoms with Crippen molar-refractivity contribution < 1.29 is 19.4 Å². The number of nitrogens with one attached hydrogen (secondary N) is 1. The third-order valence-electron chi connectivity index (χ3n) is 2.57. The highest BCUT2D eigenvalue weighted by Crippen LogP contribution is 2.15. The lowest BCUT2D eigenvalue weighted by Crippen LogP contribution is -2.42. The smallest absolute Gasteiger partial charge is 0.311 e. The van der Waals surface area contributed by atoms with Crippen LogP contribution in [0.5, 0.6) is 0 Å². The number of rotatable bonds is 3. The summed E-state index contributed by atoms with van der Waals surface area (Å²) in [4.78, 5) is 26.7. The van der Waals surface area contributed by atoms with Gasteiger partial charge in [0.15, 0.2) is 0 Å². The number of aromatic nitrogens is 1. The lowest BCUT2D eigenvalue weighted by Gasteiger charge is -2.14. The molecule has 1 saturated heterocycles. The van der Waals surface area contributed by atoms with E-state index < -0.39 is 17.9 Å². The molecule has 2 N–H and O–H groups in total. The Labute approximate surface area is 102 Å². The summed E-state index contributed by atoms with van der Waals surface area (Å²) in [6.07, 6.45) is 0.